The highest BCUT2D eigenvalue weighted by Crippen LogP contribution is 2.56. The molecule has 6 rings (SSSR count). The lowest BCUT2D eigenvalue weighted by Gasteiger charge is -2.43. The average molecular weight is 428 g/mol. The molecule has 4 saturated carbocycles. The number of hydrogen-bond donors (Lipinski definition) is 0. The monoisotopic (exact) mass is 427 g/mol. The van der Waals surface area contributed by atoms with E-state index in [0.717, 1.165) is 48.4 Å². The molecule has 30 heavy (non-hydrogen) atoms. The Kier molecular flexibility index (Phi) is 4.69. The molecule has 2 unspecified atom stereocenters. The highest BCUT2D eigenvalue weighted by atomic mass is 35.5. The lowest BCUT2D eigenvalue weighted by atomic mass is 9.59. The summed E-state index contributed by atoms with van der Waals surface area (Å²) in [6.45, 7) is 3.75. The Hall–Kier alpha value is -2.27. The summed E-state index contributed by atoms with van der Waals surface area (Å²) < 4.78 is 19.7. The third kappa shape index (κ3) is 2.97. The number of nitrogens with zero attached hydrogens (tertiary/aromatic N) is 1. The second kappa shape index (κ2) is 7.16. The number of Topliss-reactive ketones (excluding diaryl/α,β-unsaturated/α-hetero) is 2. The van der Waals surface area contributed by atoms with E-state index < -0.39 is 11.7 Å². The lowest BCUT2D eigenvalue weighted by Crippen LogP contribution is -2.41. The normalized spacial score (nSPS) is 29.9. The van der Waals surface area contributed by atoms with Crippen molar-refractivity contribution in [3.8, 4) is 11.6 Å². The number of aromatic nitrogens is 1. The number of carbonyl (C=O) groups is 2. The Labute approximate surface area is 179 Å². The quantitative estimate of drug-likeness (QED) is 0.601. The molecule has 4 aliphatic rings. The van der Waals surface area contributed by atoms with Crippen molar-refractivity contribution in [1.29, 1.82) is 0 Å². The first-order valence-electron chi connectivity index (χ1n) is 10.5. The van der Waals surface area contributed by atoms with Crippen molar-refractivity contribution in [2.75, 3.05) is 0 Å². The molecule has 0 aliphatic heterocycles. The maximum atomic E-state index is 14.1. The molecule has 1 aromatic heterocycles. The van der Waals surface area contributed by atoms with E-state index in [1.807, 2.05) is 13.8 Å². The predicted molar refractivity (Wildman–Crippen MR) is 110 cm³/mol. The number of ether oxygens (including phenoxy) is 1. The highest BCUT2D eigenvalue weighted by Gasteiger charge is 2.59. The molecule has 0 saturated heterocycles. The molecule has 2 bridgehead atoms. The molecule has 4 nitrogen and oxygen atoms in total. The van der Waals surface area contributed by atoms with Crippen LogP contribution in [-0.4, -0.2) is 16.6 Å². The van der Waals surface area contributed by atoms with Gasteiger partial charge in [-0.1, -0.05) is 11.6 Å². The van der Waals surface area contributed by atoms with Crippen LogP contribution in [0.5, 0.6) is 11.6 Å². The first-order valence-corrected chi connectivity index (χ1v) is 10.9. The zero-order chi connectivity index (χ0) is 21.2. The van der Waals surface area contributed by atoms with Crippen LogP contribution >= 0.6 is 11.6 Å². The van der Waals surface area contributed by atoms with E-state index in [1.165, 1.54) is 6.20 Å². The van der Waals surface area contributed by atoms with E-state index in [0.29, 0.717) is 17.6 Å². The molecule has 4 fully saturated rings. The van der Waals surface area contributed by atoms with E-state index in [2.05, 4.69) is 4.98 Å². The van der Waals surface area contributed by atoms with Crippen LogP contribution in [0.2, 0.25) is 5.02 Å². The summed E-state index contributed by atoms with van der Waals surface area (Å²) >= 11 is 5.75. The van der Waals surface area contributed by atoms with Gasteiger partial charge in [-0.15, -0.1) is 0 Å². The second-order valence-electron chi connectivity index (χ2n) is 8.98. The van der Waals surface area contributed by atoms with E-state index in [9.17, 15) is 14.0 Å². The fraction of sp³-hybridized carbons (Fsp3) is 0.458. The van der Waals surface area contributed by atoms with Gasteiger partial charge in [0.15, 0.2) is 17.4 Å². The van der Waals surface area contributed by atoms with Gasteiger partial charge in [-0.3, -0.25) is 9.59 Å². The molecule has 1 aromatic carbocycles. The summed E-state index contributed by atoms with van der Waals surface area (Å²) in [7, 11) is 0. The summed E-state index contributed by atoms with van der Waals surface area (Å²) in [6.07, 6.45) is 5.61. The topological polar surface area (TPSA) is 56.3 Å². The van der Waals surface area contributed by atoms with Crippen LogP contribution in [0, 0.1) is 43.3 Å². The molecule has 2 atom stereocenters. The molecule has 6 heteroatoms. The molecule has 0 radical (unpaired) electrons. The van der Waals surface area contributed by atoms with Gasteiger partial charge in [-0.2, -0.15) is 0 Å². The van der Waals surface area contributed by atoms with Gasteiger partial charge in [-0.25, -0.2) is 9.37 Å². The summed E-state index contributed by atoms with van der Waals surface area (Å²) in [5.41, 5.74) is 2.39. The summed E-state index contributed by atoms with van der Waals surface area (Å²) in [6, 6.07) is 4.63. The van der Waals surface area contributed by atoms with Gasteiger partial charge in [0.1, 0.15) is 11.7 Å². The smallest absolute Gasteiger partial charge is 0.255 e. The number of carbonyl (C=O) groups excluding carboxylic acids is 2. The van der Waals surface area contributed by atoms with Crippen molar-refractivity contribution >= 4 is 23.2 Å². The fourth-order valence-electron chi connectivity index (χ4n) is 6.12. The minimum absolute atomic E-state index is 0.0999. The fourth-order valence-corrected chi connectivity index (χ4v) is 6.26. The predicted octanol–water partition coefficient (Wildman–Crippen LogP) is 5.57. The number of hydrogen-bond acceptors (Lipinski definition) is 4. The van der Waals surface area contributed by atoms with Gasteiger partial charge in [0.25, 0.3) is 5.88 Å². The van der Waals surface area contributed by atoms with Gasteiger partial charge in [0.05, 0.1) is 5.02 Å². The van der Waals surface area contributed by atoms with Gasteiger partial charge in [-0.05, 0) is 86.3 Å². The number of pyridine rings is 1. The van der Waals surface area contributed by atoms with Crippen molar-refractivity contribution in [3.05, 3.63) is 51.9 Å². The molecule has 2 aromatic rings. The number of rotatable bonds is 3. The van der Waals surface area contributed by atoms with Crippen LogP contribution in [0.3, 0.4) is 0 Å². The largest absolute Gasteiger partial charge is 0.436 e. The average Bonchev–Trinajstić information content (AvgIpc) is 2.98. The first-order chi connectivity index (χ1) is 14.3. The molecule has 156 valence electrons. The molecule has 1 heterocycles. The minimum Gasteiger partial charge on any atom is -0.436 e. The van der Waals surface area contributed by atoms with Crippen molar-refractivity contribution in [2.24, 2.45) is 23.7 Å². The summed E-state index contributed by atoms with van der Waals surface area (Å²) in [5.74, 6) is -0.349. The van der Waals surface area contributed by atoms with Gasteiger partial charge in [0.2, 0.25) is 0 Å². The Morgan fingerprint density at radius 1 is 0.967 bits per heavy atom. The van der Waals surface area contributed by atoms with Crippen molar-refractivity contribution in [1.82, 2.24) is 4.98 Å². The standard InChI is InChI=1S/C24H23ClFNO3/c1-11-7-16(30-24-17(26)9-15(25)10-27-24)8-12(2)18(11)21-22(28)19-13-3-4-14(6-5-13)20(19)23(21)29/h7-10,13-14,19-21H,3-6H2,1-2H3. The Balaban J connectivity index is 1.48. The van der Waals surface area contributed by atoms with Crippen LogP contribution in [-0.2, 0) is 9.59 Å². The van der Waals surface area contributed by atoms with Crippen LogP contribution in [0.15, 0.2) is 24.4 Å². The minimum atomic E-state index is -0.680. The maximum absolute atomic E-state index is 14.1. The number of ketones is 2. The summed E-state index contributed by atoms with van der Waals surface area (Å²) in [4.78, 5) is 30.6. The van der Waals surface area contributed by atoms with Crippen LogP contribution in [0.4, 0.5) is 4.39 Å². The highest BCUT2D eigenvalue weighted by molar-refractivity contribution is 6.30. The molecule has 0 spiro atoms. The van der Waals surface area contributed by atoms with E-state index in [4.69, 9.17) is 16.3 Å². The Bertz CT molecular complexity index is 1010. The van der Waals surface area contributed by atoms with E-state index in [-0.39, 0.29) is 34.3 Å². The molecule has 0 amide bonds. The molecular weight excluding hydrogens is 405 g/mol. The zero-order valence-electron chi connectivity index (χ0n) is 17.0. The number of aryl methyl sites for hydroxylation is 2. The van der Waals surface area contributed by atoms with E-state index in [1.54, 1.807) is 12.1 Å². The second-order valence-corrected chi connectivity index (χ2v) is 9.41. The third-order valence-corrected chi connectivity index (χ3v) is 7.50. The van der Waals surface area contributed by atoms with Gasteiger partial charge in [0, 0.05) is 18.0 Å². The number of fused-ring (bicyclic) bond motifs is 2. The van der Waals surface area contributed by atoms with Crippen molar-refractivity contribution < 1.29 is 18.7 Å². The SMILES string of the molecule is Cc1cc(Oc2ncc(Cl)cc2F)cc(C)c1C1C(=O)C2C3CCC(CC3)C2C1=O. The van der Waals surface area contributed by atoms with E-state index >= 15 is 0 Å². The number of benzene rings is 1. The third-order valence-electron chi connectivity index (χ3n) is 7.29. The molecular formula is C24H23ClFNO3. The van der Waals surface area contributed by atoms with Crippen molar-refractivity contribution in [3.63, 3.8) is 0 Å². The Morgan fingerprint density at radius 3 is 2.00 bits per heavy atom. The van der Waals surface area contributed by atoms with Gasteiger partial charge >= 0.3 is 0 Å². The summed E-state index contributed by atoms with van der Waals surface area (Å²) in [5, 5.41) is 0.191. The first kappa shape index (κ1) is 19.7. The zero-order valence-corrected chi connectivity index (χ0v) is 17.7. The van der Waals surface area contributed by atoms with Crippen LogP contribution in [0.25, 0.3) is 0 Å². The van der Waals surface area contributed by atoms with Gasteiger partial charge < -0.3 is 4.74 Å². The van der Waals surface area contributed by atoms with Crippen LogP contribution < -0.4 is 4.74 Å². The van der Waals surface area contributed by atoms with Crippen molar-refractivity contribution in [2.45, 2.75) is 45.4 Å². The number of halogens is 2. The molecule has 0 N–H and O–H groups in total. The maximum Gasteiger partial charge on any atom is 0.255 e. The van der Waals surface area contributed by atoms with Crippen LogP contribution in [0.1, 0.15) is 48.3 Å². The Morgan fingerprint density at radius 2 is 1.50 bits per heavy atom. The molecule has 4 aliphatic carbocycles. The lowest BCUT2D eigenvalue weighted by molar-refractivity contribution is -0.129.